The Labute approximate surface area is 109 Å². The largest absolute Gasteiger partial charge is 0.374 e. The van der Waals surface area contributed by atoms with Crippen molar-refractivity contribution in [1.82, 2.24) is 5.32 Å². The third-order valence-corrected chi connectivity index (χ3v) is 3.88. The summed E-state index contributed by atoms with van der Waals surface area (Å²) in [5, 5.41) is 3.40. The molecule has 0 atom stereocenters. The Morgan fingerprint density at radius 2 is 1.78 bits per heavy atom. The smallest absolute Gasteiger partial charge is 0.261 e. The molecule has 0 saturated heterocycles. The number of nitrogens with one attached hydrogen (secondary N) is 1. The molecule has 0 aromatic carbocycles. The van der Waals surface area contributed by atoms with E-state index in [1.54, 1.807) is 0 Å². The van der Waals surface area contributed by atoms with E-state index in [2.05, 4.69) is 26.1 Å². The first-order valence-corrected chi connectivity index (χ1v) is 6.99. The van der Waals surface area contributed by atoms with Crippen LogP contribution in [0.2, 0.25) is 0 Å². The quantitative estimate of drug-likeness (QED) is 0.741. The van der Waals surface area contributed by atoms with Crippen LogP contribution in [-0.4, -0.2) is 32.2 Å². The number of hydrogen-bond acceptors (Lipinski definition) is 2. The normalized spacial score (nSPS) is 25.7. The molecule has 108 valence electrons. The molecule has 1 rings (SSSR count). The molecule has 0 aromatic rings. The highest BCUT2D eigenvalue weighted by molar-refractivity contribution is 4.83. The first-order valence-electron chi connectivity index (χ1n) is 6.99. The molecule has 4 heteroatoms. The number of ether oxygens (including phenoxy) is 1. The molecular formula is C14H27F2NO. The van der Waals surface area contributed by atoms with Crippen molar-refractivity contribution in [1.29, 1.82) is 0 Å². The first-order chi connectivity index (χ1) is 8.39. The molecule has 1 fully saturated rings. The fourth-order valence-corrected chi connectivity index (χ4v) is 2.67. The molecule has 2 nitrogen and oxygen atoms in total. The van der Waals surface area contributed by atoms with Crippen molar-refractivity contribution in [3.8, 4) is 0 Å². The molecule has 1 saturated carbocycles. The Hall–Kier alpha value is -0.220. The van der Waals surface area contributed by atoms with Crippen molar-refractivity contribution in [2.24, 2.45) is 11.3 Å². The van der Waals surface area contributed by atoms with Gasteiger partial charge >= 0.3 is 0 Å². The van der Waals surface area contributed by atoms with Gasteiger partial charge in [0.25, 0.3) is 6.43 Å². The molecule has 0 aromatic heterocycles. The van der Waals surface area contributed by atoms with E-state index in [-0.39, 0.29) is 0 Å². The highest BCUT2D eigenvalue weighted by Gasteiger charge is 2.29. The van der Waals surface area contributed by atoms with E-state index < -0.39 is 13.0 Å². The summed E-state index contributed by atoms with van der Waals surface area (Å²) in [5.74, 6) is 0.811. The van der Waals surface area contributed by atoms with Crippen LogP contribution in [0.1, 0.15) is 46.5 Å². The lowest BCUT2D eigenvalue weighted by Gasteiger charge is -2.37. The zero-order valence-corrected chi connectivity index (χ0v) is 11.8. The van der Waals surface area contributed by atoms with Crippen LogP contribution in [0.3, 0.4) is 0 Å². The number of hydrogen-bond donors (Lipinski definition) is 1. The second-order valence-electron chi connectivity index (χ2n) is 6.33. The Balaban J connectivity index is 2.06. The van der Waals surface area contributed by atoms with Crippen LogP contribution in [0.25, 0.3) is 0 Å². The van der Waals surface area contributed by atoms with Crippen LogP contribution in [-0.2, 0) is 4.74 Å². The van der Waals surface area contributed by atoms with Crippen LogP contribution in [0.4, 0.5) is 8.78 Å². The standard InChI is InChI=1S/C14H27F2NO/c1-14(2,3)11-4-6-12(7-5-11)17-8-9-18-10-13(15)16/h11-13,17H,4-10H2,1-3H3. The molecule has 0 radical (unpaired) electrons. The minimum atomic E-state index is -2.35. The van der Waals surface area contributed by atoms with Gasteiger partial charge in [-0.2, -0.15) is 0 Å². The van der Waals surface area contributed by atoms with E-state index >= 15 is 0 Å². The average molecular weight is 263 g/mol. The number of rotatable bonds is 6. The molecule has 1 aliphatic rings. The summed E-state index contributed by atoms with van der Waals surface area (Å²) >= 11 is 0. The maximum atomic E-state index is 11.8. The van der Waals surface area contributed by atoms with E-state index in [1.807, 2.05) is 0 Å². The van der Waals surface area contributed by atoms with Gasteiger partial charge in [0.05, 0.1) is 6.61 Å². The zero-order valence-electron chi connectivity index (χ0n) is 11.8. The van der Waals surface area contributed by atoms with Crippen molar-refractivity contribution in [3.05, 3.63) is 0 Å². The van der Waals surface area contributed by atoms with E-state index in [0.29, 0.717) is 24.6 Å². The van der Waals surface area contributed by atoms with Crippen molar-refractivity contribution >= 4 is 0 Å². The summed E-state index contributed by atoms with van der Waals surface area (Å²) < 4.78 is 28.5. The summed E-state index contributed by atoms with van der Waals surface area (Å²) in [4.78, 5) is 0. The molecule has 1 aliphatic carbocycles. The molecule has 0 bridgehead atoms. The van der Waals surface area contributed by atoms with Gasteiger partial charge in [0.2, 0.25) is 0 Å². The van der Waals surface area contributed by atoms with Gasteiger partial charge in [-0.1, -0.05) is 20.8 Å². The predicted octanol–water partition coefficient (Wildman–Crippen LogP) is 3.46. The Bertz CT molecular complexity index is 220. The first kappa shape index (κ1) is 15.8. The van der Waals surface area contributed by atoms with Gasteiger partial charge in [-0.05, 0) is 37.0 Å². The predicted molar refractivity (Wildman–Crippen MR) is 70.0 cm³/mol. The SMILES string of the molecule is CC(C)(C)C1CCC(NCCOCC(F)F)CC1. The minimum Gasteiger partial charge on any atom is -0.374 e. The summed E-state index contributed by atoms with van der Waals surface area (Å²) in [6.07, 6.45) is 2.55. The monoisotopic (exact) mass is 263 g/mol. The van der Waals surface area contributed by atoms with Gasteiger partial charge in [-0.3, -0.25) is 0 Å². The van der Waals surface area contributed by atoms with E-state index in [4.69, 9.17) is 4.74 Å². The zero-order chi connectivity index (χ0) is 13.6. The molecule has 1 N–H and O–H groups in total. The van der Waals surface area contributed by atoms with E-state index in [1.165, 1.54) is 25.7 Å². The lowest BCUT2D eigenvalue weighted by Crippen LogP contribution is -2.37. The van der Waals surface area contributed by atoms with Gasteiger partial charge in [-0.15, -0.1) is 0 Å². The van der Waals surface area contributed by atoms with Crippen LogP contribution in [0.5, 0.6) is 0 Å². The third kappa shape index (κ3) is 6.10. The average Bonchev–Trinajstić information content (AvgIpc) is 2.27. The lowest BCUT2D eigenvalue weighted by atomic mass is 9.71. The maximum Gasteiger partial charge on any atom is 0.261 e. The molecule has 18 heavy (non-hydrogen) atoms. The Kier molecular flexibility index (Phi) is 6.50. The summed E-state index contributed by atoms with van der Waals surface area (Å²) in [7, 11) is 0. The van der Waals surface area contributed by atoms with Gasteiger partial charge in [-0.25, -0.2) is 8.78 Å². The molecule has 0 aliphatic heterocycles. The van der Waals surface area contributed by atoms with Crippen LogP contribution >= 0.6 is 0 Å². The van der Waals surface area contributed by atoms with Crippen molar-refractivity contribution in [2.75, 3.05) is 19.8 Å². The van der Waals surface area contributed by atoms with Crippen molar-refractivity contribution in [3.63, 3.8) is 0 Å². The second kappa shape index (κ2) is 7.39. The third-order valence-electron chi connectivity index (χ3n) is 3.88. The molecule has 0 unspecified atom stereocenters. The van der Waals surface area contributed by atoms with Crippen molar-refractivity contribution < 1.29 is 13.5 Å². The van der Waals surface area contributed by atoms with Gasteiger partial charge in [0, 0.05) is 12.6 Å². The fourth-order valence-electron chi connectivity index (χ4n) is 2.67. The molecular weight excluding hydrogens is 236 g/mol. The van der Waals surface area contributed by atoms with Gasteiger partial charge in [0.1, 0.15) is 6.61 Å². The highest BCUT2D eigenvalue weighted by Crippen LogP contribution is 2.37. The minimum absolute atomic E-state index is 0.379. The number of halogens is 2. The lowest BCUT2D eigenvalue weighted by molar-refractivity contribution is 0.0176. The van der Waals surface area contributed by atoms with E-state index in [9.17, 15) is 8.78 Å². The van der Waals surface area contributed by atoms with E-state index in [0.717, 1.165) is 5.92 Å². The molecule has 0 spiro atoms. The maximum absolute atomic E-state index is 11.8. The van der Waals surface area contributed by atoms with Gasteiger partial charge in [0.15, 0.2) is 0 Å². The fraction of sp³-hybridized carbons (Fsp3) is 1.00. The van der Waals surface area contributed by atoms with Gasteiger partial charge < -0.3 is 10.1 Å². The number of alkyl halides is 2. The van der Waals surface area contributed by atoms with Crippen LogP contribution < -0.4 is 5.32 Å². The summed E-state index contributed by atoms with van der Waals surface area (Å²) in [5.41, 5.74) is 0.408. The highest BCUT2D eigenvalue weighted by atomic mass is 19.3. The summed E-state index contributed by atoms with van der Waals surface area (Å²) in [6.45, 7) is 7.54. The summed E-state index contributed by atoms with van der Waals surface area (Å²) in [6, 6.07) is 0.541. The Morgan fingerprint density at radius 1 is 1.17 bits per heavy atom. The Morgan fingerprint density at radius 3 is 2.28 bits per heavy atom. The van der Waals surface area contributed by atoms with Crippen molar-refractivity contribution in [2.45, 2.75) is 58.9 Å². The van der Waals surface area contributed by atoms with Crippen LogP contribution in [0, 0.1) is 11.3 Å². The van der Waals surface area contributed by atoms with Crippen LogP contribution in [0.15, 0.2) is 0 Å². The molecule has 0 heterocycles. The topological polar surface area (TPSA) is 21.3 Å². The second-order valence-corrected chi connectivity index (χ2v) is 6.33. The molecule has 0 amide bonds.